The van der Waals surface area contributed by atoms with Gasteiger partial charge in [0.05, 0.1) is 17.4 Å². The van der Waals surface area contributed by atoms with E-state index in [9.17, 15) is 27.2 Å². The quantitative estimate of drug-likeness (QED) is 0.536. The largest absolute Gasteiger partial charge is 0.456 e. The van der Waals surface area contributed by atoms with Crippen LogP contribution in [-0.2, 0) is 20.7 Å². The van der Waals surface area contributed by atoms with Crippen LogP contribution < -0.4 is 5.32 Å². The summed E-state index contributed by atoms with van der Waals surface area (Å²) in [5, 5.41) is 3.52. The van der Waals surface area contributed by atoms with E-state index in [0.29, 0.717) is 31.2 Å². The highest BCUT2D eigenvalue weighted by molar-refractivity contribution is 5.86. The van der Waals surface area contributed by atoms with Crippen LogP contribution in [0.15, 0.2) is 18.2 Å². The Balaban J connectivity index is 1.60. The fraction of sp³-hybridized carbons (Fsp3) is 0.524. The van der Waals surface area contributed by atoms with Crippen molar-refractivity contribution in [1.82, 2.24) is 10.3 Å². The van der Waals surface area contributed by atoms with E-state index >= 15 is 0 Å². The molecule has 1 aromatic carbocycles. The first kappa shape index (κ1) is 22.1. The number of rotatable bonds is 6. The monoisotopic (exact) mass is 428 g/mol. The smallest absolute Gasteiger partial charge is 0.422 e. The molecule has 9 heteroatoms. The van der Waals surface area contributed by atoms with Crippen LogP contribution in [0.4, 0.5) is 17.6 Å². The predicted molar refractivity (Wildman–Crippen MR) is 102 cm³/mol. The number of alkyl halides is 3. The molecule has 0 bridgehead atoms. The molecule has 1 amide bonds. The van der Waals surface area contributed by atoms with Gasteiger partial charge in [-0.25, -0.2) is 4.39 Å². The number of hydrogen-bond acceptors (Lipinski definition) is 3. The van der Waals surface area contributed by atoms with Crippen molar-refractivity contribution in [1.29, 1.82) is 0 Å². The van der Waals surface area contributed by atoms with Crippen LogP contribution in [0.5, 0.6) is 0 Å². The molecule has 0 aliphatic heterocycles. The lowest BCUT2D eigenvalue weighted by atomic mass is 9.78. The molecule has 2 aromatic rings. The second-order valence-electron chi connectivity index (χ2n) is 7.65. The zero-order chi connectivity index (χ0) is 21.9. The normalized spacial score (nSPS) is 19.6. The molecule has 30 heavy (non-hydrogen) atoms. The van der Waals surface area contributed by atoms with E-state index in [1.54, 1.807) is 12.1 Å². The first-order chi connectivity index (χ1) is 14.2. The molecule has 1 aromatic heterocycles. The highest BCUT2D eigenvalue weighted by Crippen LogP contribution is 2.32. The Kier molecular flexibility index (Phi) is 6.67. The van der Waals surface area contributed by atoms with Crippen LogP contribution in [0, 0.1) is 24.6 Å². The van der Waals surface area contributed by atoms with E-state index < -0.39 is 30.6 Å². The van der Waals surface area contributed by atoms with Crippen molar-refractivity contribution in [3.05, 3.63) is 35.3 Å². The standard InChI is InChI=1S/C21H24F4N2O3/c1-12-13(14-7-4-8-17(22)18(14)27-12)9-10-26-19(28)15-5-2-3-6-16(15)20(29)30-11-21(23,24)25/h4,7-8,15-16,27H,2-3,5-6,9-11H2,1H3,(H,26,28)/t15-,16-/m0/s1. The molecule has 0 saturated heterocycles. The summed E-state index contributed by atoms with van der Waals surface area (Å²) in [6.07, 6.45) is -2.00. The number of amides is 1. The third-order valence-corrected chi connectivity index (χ3v) is 5.56. The summed E-state index contributed by atoms with van der Waals surface area (Å²) in [4.78, 5) is 27.7. The van der Waals surface area contributed by atoms with Crippen LogP contribution in [0.3, 0.4) is 0 Å². The Morgan fingerprint density at radius 2 is 1.90 bits per heavy atom. The summed E-state index contributed by atoms with van der Waals surface area (Å²) in [7, 11) is 0. The minimum Gasteiger partial charge on any atom is -0.456 e. The van der Waals surface area contributed by atoms with Gasteiger partial charge in [-0.1, -0.05) is 25.0 Å². The molecule has 2 atom stereocenters. The average molecular weight is 428 g/mol. The molecule has 0 spiro atoms. The van der Waals surface area contributed by atoms with Crippen molar-refractivity contribution in [2.24, 2.45) is 11.8 Å². The lowest BCUT2D eigenvalue weighted by Gasteiger charge is -2.29. The number of hydrogen-bond donors (Lipinski definition) is 2. The fourth-order valence-electron chi connectivity index (χ4n) is 4.12. The van der Waals surface area contributed by atoms with Crippen LogP contribution in [0.25, 0.3) is 10.9 Å². The number of aryl methyl sites for hydroxylation is 1. The number of nitrogens with one attached hydrogen (secondary N) is 2. The fourth-order valence-corrected chi connectivity index (χ4v) is 4.12. The Hall–Kier alpha value is -2.58. The molecule has 5 nitrogen and oxygen atoms in total. The summed E-state index contributed by atoms with van der Waals surface area (Å²) >= 11 is 0. The maximum absolute atomic E-state index is 13.9. The van der Waals surface area contributed by atoms with Crippen LogP contribution >= 0.6 is 0 Å². The minimum atomic E-state index is -4.60. The Bertz CT molecular complexity index is 923. The van der Waals surface area contributed by atoms with Crippen LogP contribution in [0.1, 0.15) is 36.9 Å². The van der Waals surface area contributed by atoms with Gasteiger partial charge in [-0.3, -0.25) is 9.59 Å². The molecular weight excluding hydrogens is 404 g/mol. The number of para-hydroxylation sites is 1. The molecule has 1 heterocycles. The second-order valence-corrected chi connectivity index (χ2v) is 7.65. The third kappa shape index (κ3) is 5.12. The van der Waals surface area contributed by atoms with Gasteiger partial charge < -0.3 is 15.0 Å². The zero-order valence-electron chi connectivity index (χ0n) is 16.6. The molecule has 164 valence electrons. The number of carbonyl (C=O) groups excluding carboxylic acids is 2. The lowest BCUT2D eigenvalue weighted by Crippen LogP contribution is -2.41. The Morgan fingerprint density at radius 1 is 1.20 bits per heavy atom. The van der Waals surface area contributed by atoms with Crippen molar-refractivity contribution in [3.8, 4) is 0 Å². The summed E-state index contributed by atoms with van der Waals surface area (Å²) in [6, 6.07) is 4.78. The number of H-pyrrole nitrogens is 1. The first-order valence-electron chi connectivity index (χ1n) is 9.94. The SMILES string of the molecule is Cc1[nH]c2c(F)cccc2c1CCNC(=O)[C@H]1CCCC[C@@H]1C(=O)OCC(F)(F)F. The summed E-state index contributed by atoms with van der Waals surface area (Å²) in [6.45, 7) is 0.446. The minimum absolute atomic E-state index is 0.268. The molecule has 2 N–H and O–H groups in total. The molecule has 1 saturated carbocycles. The van der Waals surface area contributed by atoms with Gasteiger partial charge in [-0.15, -0.1) is 0 Å². The zero-order valence-corrected chi connectivity index (χ0v) is 16.6. The number of ether oxygens (including phenoxy) is 1. The number of carbonyl (C=O) groups is 2. The number of aromatic amines is 1. The molecule has 1 aliphatic carbocycles. The van der Waals surface area contributed by atoms with Gasteiger partial charge >= 0.3 is 12.1 Å². The van der Waals surface area contributed by atoms with Gasteiger partial charge in [0.1, 0.15) is 5.82 Å². The molecule has 0 radical (unpaired) electrons. The number of fused-ring (bicyclic) bond motifs is 1. The average Bonchev–Trinajstić information content (AvgIpc) is 3.02. The summed E-state index contributed by atoms with van der Waals surface area (Å²) in [5.41, 5.74) is 2.10. The van der Waals surface area contributed by atoms with Gasteiger partial charge in [-0.05, 0) is 37.8 Å². The highest BCUT2D eigenvalue weighted by Gasteiger charge is 2.38. The van der Waals surface area contributed by atoms with E-state index in [-0.39, 0.29) is 18.3 Å². The summed E-state index contributed by atoms with van der Waals surface area (Å²) < 4.78 is 55.3. The van der Waals surface area contributed by atoms with Gasteiger partial charge in [0.25, 0.3) is 0 Å². The van der Waals surface area contributed by atoms with E-state index in [0.717, 1.165) is 23.1 Å². The Morgan fingerprint density at radius 3 is 2.60 bits per heavy atom. The number of esters is 1. The van der Waals surface area contributed by atoms with Crippen molar-refractivity contribution in [2.75, 3.05) is 13.2 Å². The number of halogens is 4. The van der Waals surface area contributed by atoms with Crippen molar-refractivity contribution >= 4 is 22.8 Å². The van der Waals surface area contributed by atoms with Gasteiger partial charge in [0, 0.05) is 17.6 Å². The Labute approximate surface area is 171 Å². The van der Waals surface area contributed by atoms with Gasteiger partial charge in [0.2, 0.25) is 5.91 Å². The molecule has 1 fully saturated rings. The predicted octanol–water partition coefficient (Wildman–Crippen LogP) is 4.19. The van der Waals surface area contributed by atoms with Crippen LogP contribution in [-0.4, -0.2) is 36.2 Å². The highest BCUT2D eigenvalue weighted by atomic mass is 19.4. The lowest BCUT2D eigenvalue weighted by molar-refractivity contribution is -0.191. The van der Waals surface area contributed by atoms with Crippen molar-refractivity contribution in [3.63, 3.8) is 0 Å². The van der Waals surface area contributed by atoms with E-state index in [4.69, 9.17) is 0 Å². The molecular formula is C21H24F4N2O3. The number of benzene rings is 1. The van der Waals surface area contributed by atoms with Gasteiger partial charge in [-0.2, -0.15) is 13.2 Å². The molecule has 0 unspecified atom stereocenters. The third-order valence-electron chi connectivity index (χ3n) is 5.56. The topological polar surface area (TPSA) is 71.2 Å². The van der Waals surface area contributed by atoms with E-state index in [1.165, 1.54) is 6.07 Å². The van der Waals surface area contributed by atoms with E-state index in [1.807, 2.05) is 6.92 Å². The van der Waals surface area contributed by atoms with E-state index in [2.05, 4.69) is 15.0 Å². The van der Waals surface area contributed by atoms with Crippen molar-refractivity contribution in [2.45, 2.75) is 45.2 Å². The van der Waals surface area contributed by atoms with Crippen LogP contribution in [0.2, 0.25) is 0 Å². The second kappa shape index (κ2) is 9.06. The maximum Gasteiger partial charge on any atom is 0.422 e. The summed E-state index contributed by atoms with van der Waals surface area (Å²) in [5.74, 6) is -3.28. The maximum atomic E-state index is 13.9. The molecule has 1 aliphatic rings. The number of aromatic nitrogens is 1. The van der Waals surface area contributed by atoms with Gasteiger partial charge in [0.15, 0.2) is 6.61 Å². The first-order valence-corrected chi connectivity index (χ1v) is 9.94. The van der Waals surface area contributed by atoms with Crippen molar-refractivity contribution < 1.29 is 31.9 Å². The molecule has 3 rings (SSSR count).